The second-order valence-electron chi connectivity index (χ2n) is 10.4. The normalized spacial score (nSPS) is 16.5. The molecular formula is C29H31F3N6O3. The highest BCUT2D eigenvalue weighted by molar-refractivity contribution is 6.00. The number of anilines is 2. The van der Waals surface area contributed by atoms with Gasteiger partial charge in [-0.1, -0.05) is 18.2 Å². The molecule has 3 N–H and O–H groups in total. The maximum Gasteiger partial charge on any atom is 0.416 e. The SMILES string of the molecule is CC(CNc1ccc(C(F)(F)F)cc1-c1cnc(N2CCC(O)CC2)nc1)NC(=O)CN1Cc2ccccc2C1=O. The van der Waals surface area contributed by atoms with E-state index in [0.717, 1.165) is 17.7 Å². The molecule has 0 aliphatic carbocycles. The predicted molar refractivity (Wildman–Crippen MR) is 147 cm³/mol. The summed E-state index contributed by atoms with van der Waals surface area (Å²) in [7, 11) is 0. The molecule has 2 aliphatic heterocycles. The summed E-state index contributed by atoms with van der Waals surface area (Å²) in [5.74, 6) is -0.0672. The monoisotopic (exact) mass is 568 g/mol. The van der Waals surface area contributed by atoms with E-state index in [1.165, 1.54) is 23.4 Å². The first-order valence-corrected chi connectivity index (χ1v) is 13.5. The van der Waals surface area contributed by atoms with Crippen LogP contribution in [0.15, 0.2) is 54.9 Å². The molecule has 9 nitrogen and oxygen atoms in total. The Morgan fingerprint density at radius 1 is 1.10 bits per heavy atom. The minimum Gasteiger partial charge on any atom is -0.393 e. The van der Waals surface area contributed by atoms with E-state index in [4.69, 9.17) is 0 Å². The Hall–Kier alpha value is -4.19. The number of nitrogens with zero attached hydrogens (tertiary/aromatic N) is 4. The minimum atomic E-state index is -4.53. The van der Waals surface area contributed by atoms with Crippen molar-refractivity contribution in [3.05, 3.63) is 71.5 Å². The van der Waals surface area contributed by atoms with Gasteiger partial charge in [-0.15, -0.1) is 0 Å². The van der Waals surface area contributed by atoms with Crippen molar-refractivity contribution in [3.63, 3.8) is 0 Å². The lowest BCUT2D eigenvalue weighted by Crippen LogP contribution is -2.43. The Bertz CT molecular complexity index is 1410. The molecule has 0 bridgehead atoms. The summed E-state index contributed by atoms with van der Waals surface area (Å²) < 4.78 is 40.6. The zero-order valence-electron chi connectivity index (χ0n) is 22.5. The first-order valence-electron chi connectivity index (χ1n) is 13.5. The van der Waals surface area contributed by atoms with E-state index >= 15 is 0 Å². The molecule has 5 rings (SSSR count). The van der Waals surface area contributed by atoms with Gasteiger partial charge in [0.2, 0.25) is 11.9 Å². The smallest absolute Gasteiger partial charge is 0.393 e. The summed E-state index contributed by atoms with van der Waals surface area (Å²) in [4.78, 5) is 37.4. The lowest BCUT2D eigenvalue weighted by Gasteiger charge is -2.29. The molecule has 1 aromatic heterocycles. The quantitative estimate of drug-likeness (QED) is 0.380. The number of carbonyl (C=O) groups excluding carboxylic acids is 2. The summed E-state index contributed by atoms with van der Waals surface area (Å²) in [5.41, 5.74) is 1.78. The molecule has 1 unspecified atom stereocenters. The fourth-order valence-corrected chi connectivity index (χ4v) is 5.05. The summed E-state index contributed by atoms with van der Waals surface area (Å²) in [6, 6.07) is 10.2. The van der Waals surface area contributed by atoms with Gasteiger partial charge in [-0.05, 0) is 49.6 Å². The van der Waals surface area contributed by atoms with Gasteiger partial charge >= 0.3 is 6.18 Å². The zero-order chi connectivity index (χ0) is 29.1. The second-order valence-corrected chi connectivity index (χ2v) is 10.4. The molecule has 2 aliphatic rings. The number of alkyl halides is 3. The van der Waals surface area contributed by atoms with Gasteiger partial charge in [-0.25, -0.2) is 9.97 Å². The first kappa shape index (κ1) is 28.3. The number of fused-ring (bicyclic) bond motifs is 1. The van der Waals surface area contributed by atoms with E-state index in [9.17, 15) is 27.9 Å². The van der Waals surface area contributed by atoms with E-state index < -0.39 is 11.7 Å². The molecule has 1 saturated heterocycles. The molecule has 0 saturated carbocycles. The van der Waals surface area contributed by atoms with E-state index in [0.29, 0.717) is 55.2 Å². The Kier molecular flexibility index (Phi) is 8.11. The number of hydrogen-bond acceptors (Lipinski definition) is 7. The number of amides is 2. The number of aliphatic hydroxyl groups excluding tert-OH is 1. The van der Waals surface area contributed by atoms with E-state index in [-0.39, 0.29) is 42.6 Å². The highest BCUT2D eigenvalue weighted by atomic mass is 19.4. The van der Waals surface area contributed by atoms with Crippen LogP contribution in [0, 0.1) is 0 Å². The van der Waals surface area contributed by atoms with Crippen LogP contribution in [0.1, 0.15) is 41.3 Å². The summed E-state index contributed by atoms with van der Waals surface area (Å²) >= 11 is 0. The summed E-state index contributed by atoms with van der Waals surface area (Å²) in [6.07, 6.45) is -0.700. The molecule has 2 aromatic carbocycles. The molecule has 2 amide bonds. The molecule has 12 heteroatoms. The molecule has 0 radical (unpaired) electrons. The van der Waals surface area contributed by atoms with Crippen LogP contribution in [0.4, 0.5) is 24.8 Å². The van der Waals surface area contributed by atoms with E-state index in [2.05, 4.69) is 20.6 Å². The maximum absolute atomic E-state index is 13.5. The number of halogens is 3. The number of hydrogen-bond donors (Lipinski definition) is 3. The molecule has 1 fully saturated rings. The molecule has 0 spiro atoms. The van der Waals surface area contributed by atoms with Crippen LogP contribution in [0.5, 0.6) is 0 Å². The van der Waals surface area contributed by atoms with Gasteiger partial charge in [-0.3, -0.25) is 9.59 Å². The topological polar surface area (TPSA) is 111 Å². The van der Waals surface area contributed by atoms with Crippen LogP contribution < -0.4 is 15.5 Å². The Morgan fingerprint density at radius 3 is 2.49 bits per heavy atom. The Morgan fingerprint density at radius 2 is 1.80 bits per heavy atom. The number of benzene rings is 2. The van der Waals surface area contributed by atoms with Crippen molar-refractivity contribution in [2.24, 2.45) is 0 Å². The number of nitrogens with one attached hydrogen (secondary N) is 2. The highest BCUT2D eigenvalue weighted by Crippen LogP contribution is 2.36. The predicted octanol–water partition coefficient (Wildman–Crippen LogP) is 3.70. The third-order valence-electron chi connectivity index (χ3n) is 7.28. The summed E-state index contributed by atoms with van der Waals surface area (Å²) in [6.45, 7) is 3.46. The van der Waals surface area contributed by atoms with Crippen LogP contribution in [0.3, 0.4) is 0 Å². The van der Waals surface area contributed by atoms with Crippen LogP contribution in [-0.4, -0.2) is 70.1 Å². The van der Waals surface area contributed by atoms with E-state index in [1.807, 2.05) is 17.0 Å². The Balaban J connectivity index is 1.24. The fraction of sp³-hybridized carbons (Fsp3) is 0.379. The average Bonchev–Trinajstić information content (AvgIpc) is 3.26. The van der Waals surface area contributed by atoms with Crippen LogP contribution in [0.25, 0.3) is 11.1 Å². The van der Waals surface area contributed by atoms with Crippen molar-refractivity contribution in [2.45, 2.75) is 44.6 Å². The van der Waals surface area contributed by atoms with Gasteiger partial charge in [-0.2, -0.15) is 13.2 Å². The fourth-order valence-electron chi connectivity index (χ4n) is 5.05. The molecular weight excluding hydrogens is 537 g/mol. The third kappa shape index (κ3) is 6.59. The molecule has 41 heavy (non-hydrogen) atoms. The van der Waals surface area contributed by atoms with Gasteiger partial charge in [0, 0.05) is 67.0 Å². The first-order chi connectivity index (χ1) is 19.6. The van der Waals surface area contributed by atoms with E-state index in [1.54, 1.807) is 19.1 Å². The lowest BCUT2D eigenvalue weighted by molar-refractivity contribution is -0.137. The molecule has 3 aromatic rings. The number of aromatic nitrogens is 2. The van der Waals surface area contributed by atoms with Crippen molar-refractivity contribution in [2.75, 3.05) is 36.4 Å². The van der Waals surface area contributed by atoms with Gasteiger partial charge < -0.3 is 25.5 Å². The van der Waals surface area contributed by atoms with Gasteiger partial charge in [0.05, 0.1) is 11.7 Å². The van der Waals surface area contributed by atoms with Gasteiger partial charge in [0.15, 0.2) is 0 Å². The largest absolute Gasteiger partial charge is 0.416 e. The minimum absolute atomic E-state index is 0.0942. The van der Waals surface area contributed by atoms with Gasteiger partial charge in [0.25, 0.3) is 5.91 Å². The van der Waals surface area contributed by atoms with Crippen molar-refractivity contribution in [1.29, 1.82) is 0 Å². The number of carbonyl (C=O) groups is 2. The van der Waals surface area contributed by atoms with Crippen molar-refractivity contribution in [1.82, 2.24) is 20.2 Å². The number of aliphatic hydroxyl groups is 1. The molecule has 1 atom stereocenters. The average molecular weight is 569 g/mol. The maximum atomic E-state index is 13.5. The van der Waals surface area contributed by atoms with Crippen LogP contribution >= 0.6 is 0 Å². The number of piperidine rings is 1. The third-order valence-corrected chi connectivity index (χ3v) is 7.28. The van der Waals surface area contributed by atoms with Gasteiger partial charge in [0.1, 0.15) is 6.54 Å². The number of rotatable bonds is 8. The zero-order valence-corrected chi connectivity index (χ0v) is 22.5. The lowest BCUT2D eigenvalue weighted by atomic mass is 10.0. The highest BCUT2D eigenvalue weighted by Gasteiger charge is 2.32. The van der Waals surface area contributed by atoms with Crippen molar-refractivity contribution in [3.8, 4) is 11.1 Å². The second kappa shape index (κ2) is 11.7. The van der Waals surface area contributed by atoms with Crippen LogP contribution in [-0.2, 0) is 17.5 Å². The standard InChI is InChI=1S/C29H31F3N6O3/c1-18(36-26(40)17-38-16-19-4-2-3-5-23(19)27(38)41)13-33-25-7-6-21(29(30,31)32)12-24(25)20-14-34-28(35-15-20)37-10-8-22(39)9-11-37/h2-7,12,14-15,18,22,33,39H,8-11,13,16-17H2,1H3,(H,36,40). The molecule has 216 valence electrons. The van der Waals surface area contributed by atoms with Crippen molar-refractivity contribution >= 4 is 23.5 Å². The van der Waals surface area contributed by atoms with Crippen molar-refractivity contribution < 1.29 is 27.9 Å². The molecule has 3 heterocycles. The van der Waals surface area contributed by atoms with Crippen LogP contribution in [0.2, 0.25) is 0 Å². The summed E-state index contributed by atoms with van der Waals surface area (Å²) in [5, 5.41) is 15.7. The Labute approximate surface area is 235 Å².